The van der Waals surface area contributed by atoms with Crippen LogP contribution in [-0.2, 0) is 6.54 Å². The number of nitro groups is 1. The van der Waals surface area contributed by atoms with Crippen molar-refractivity contribution in [3.05, 3.63) is 52.3 Å². The molecule has 0 aliphatic heterocycles. The average molecular weight is 218 g/mol. The Bertz CT molecular complexity index is 502. The van der Waals surface area contributed by atoms with E-state index >= 15 is 0 Å². The summed E-state index contributed by atoms with van der Waals surface area (Å²) in [4.78, 5) is 10.0. The van der Waals surface area contributed by atoms with Crippen LogP contribution in [0.1, 0.15) is 5.76 Å². The highest BCUT2D eigenvalue weighted by Gasteiger charge is 2.07. The molecule has 0 aliphatic rings. The lowest BCUT2D eigenvalue weighted by Crippen LogP contribution is -1.92. The number of hydrogen-bond donors (Lipinski definition) is 1. The Labute approximate surface area is 91.6 Å². The molecule has 2 aromatic rings. The Morgan fingerprint density at radius 1 is 1.19 bits per heavy atom. The molecule has 0 spiro atoms. The van der Waals surface area contributed by atoms with Crippen molar-refractivity contribution < 1.29 is 9.34 Å². The fraction of sp³-hybridized carbons (Fsp3) is 0.0909. The molecular weight excluding hydrogens is 208 g/mol. The Balaban J connectivity index is 2.30. The lowest BCUT2D eigenvalue weighted by molar-refractivity contribution is -0.384. The molecule has 5 heteroatoms. The first kappa shape index (κ1) is 10.4. The van der Waals surface area contributed by atoms with Gasteiger partial charge in [-0.15, -0.1) is 0 Å². The van der Waals surface area contributed by atoms with Gasteiger partial charge in [0.05, 0.1) is 11.5 Å². The summed E-state index contributed by atoms with van der Waals surface area (Å²) in [5, 5.41) is 10.5. The molecule has 2 rings (SSSR count). The van der Waals surface area contributed by atoms with E-state index in [0.717, 1.165) is 5.56 Å². The van der Waals surface area contributed by atoms with Gasteiger partial charge in [-0.05, 0) is 24.3 Å². The van der Waals surface area contributed by atoms with Gasteiger partial charge in [-0.25, -0.2) is 0 Å². The second kappa shape index (κ2) is 4.16. The molecule has 0 fully saturated rings. The van der Waals surface area contributed by atoms with Gasteiger partial charge < -0.3 is 10.2 Å². The van der Waals surface area contributed by atoms with Gasteiger partial charge in [-0.2, -0.15) is 0 Å². The molecule has 1 aromatic carbocycles. The molecular formula is C11H10N2O3. The number of hydrogen-bond acceptors (Lipinski definition) is 4. The monoisotopic (exact) mass is 218 g/mol. The maximum Gasteiger partial charge on any atom is 0.269 e. The van der Waals surface area contributed by atoms with Crippen molar-refractivity contribution in [2.24, 2.45) is 5.73 Å². The predicted octanol–water partition coefficient (Wildman–Crippen LogP) is 2.31. The number of rotatable bonds is 3. The number of benzene rings is 1. The van der Waals surface area contributed by atoms with E-state index in [1.54, 1.807) is 24.3 Å². The van der Waals surface area contributed by atoms with Gasteiger partial charge in [0.15, 0.2) is 0 Å². The standard InChI is InChI=1S/C11H10N2O3/c12-7-10-5-6-11(16-10)8-1-3-9(4-2-8)13(14)15/h1-6H,7,12H2. The molecule has 82 valence electrons. The maximum absolute atomic E-state index is 10.5. The van der Waals surface area contributed by atoms with E-state index in [1.165, 1.54) is 12.1 Å². The van der Waals surface area contributed by atoms with E-state index in [0.29, 0.717) is 18.1 Å². The Morgan fingerprint density at radius 3 is 2.38 bits per heavy atom. The number of non-ortho nitro benzene ring substituents is 1. The van der Waals surface area contributed by atoms with Crippen LogP contribution < -0.4 is 5.73 Å². The summed E-state index contributed by atoms with van der Waals surface area (Å²) in [6.07, 6.45) is 0. The van der Waals surface area contributed by atoms with E-state index in [-0.39, 0.29) is 5.69 Å². The average Bonchev–Trinajstić information content (AvgIpc) is 2.77. The summed E-state index contributed by atoms with van der Waals surface area (Å²) in [5.41, 5.74) is 6.28. The topological polar surface area (TPSA) is 82.3 Å². The summed E-state index contributed by atoms with van der Waals surface area (Å²) >= 11 is 0. The molecule has 1 heterocycles. The zero-order valence-corrected chi connectivity index (χ0v) is 8.42. The van der Waals surface area contributed by atoms with Gasteiger partial charge in [0, 0.05) is 17.7 Å². The molecule has 0 saturated heterocycles. The van der Waals surface area contributed by atoms with E-state index in [9.17, 15) is 10.1 Å². The first-order valence-corrected chi connectivity index (χ1v) is 4.74. The molecule has 2 N–H and O–H groups in total. The Morgan fingerprint density at radius 2 is 1.88 bits per heavy atom. The minimum Gasteiger partial charge on any atom is -0.460 e. The van der Waals surface area contributed by atoms with E-state index < -0.39 is 4.92 Å². The molecule has 0 radical (unpaired) electrons. The highest BCUT2D eigenvalue weighted by molar-refractivity contribution is 5.59. The maximum atomic E-state index is 10.5. The van der Waals surface area contributed by atoms with Crippen molar-refractivity contribution in [3.8, 4) is 11.3 Å². The number of nitrogens with zero attached hydrogens (tertiary/aromatic N) is 1. The minimum absolute atomic E-state index is 0.0642. The van der Waals surface area contributed by atoms with E-state index in [2.05, 4.69) is 0 Å². The van der Waals surface area contributed by atoms with Crippen LogP contribution in [0.15, 0.2) is 40.8 Å². The fourth-order valence-corrected chi connectivity index (χ4v) is 1.39. The van der Waals surface area contributed by atoms with Crippen molar-refractivity contribution in [3.63, 3.8) is 0 Å². The van der Waals surface area contributed by atoms with E-state index in [1.807, 2.05) is 0 Å². The number of nitro benzene ring substituents is 1. The highest BCUT2D eigenvalue weighted by atomic mass is 16.6. The molecule has 0 unspecified atom stereocenters. The molecule has 1 aromatic heterocycles. The summed E-state index contributed by atoms with van der Waals surface area (Å²) in [7, 11) is 0. The Kier molecular flexibility index (Phi) is 2.70. The second-order valence-electron chi connectivity index (χ2n) is 3.27. The van der Waals surface area contributed by atoms with Crippen molar-refractivity contribution in [1.82, 2.24) is 0 Å². The van der Waals surface area contributed by atoms with E-state index in [4.69, 9.17) is 10.2 Å². The van der Waals surface area contributed by atoms with Gasteiger partial charge in [0.25, 0.3) is 5.69 Å². The van der Waals surface area contributed by atoms with Crippen molar-refractivity contribution in [2.45, 2.75) is 6.54 Å². The largest absolute Gasteiger partial charge is 0.460 e. The normalized spacial score (nSPS) is 10.3. The summed E-state index contributed by atoms with van der Waals surface area (Å²) in [5.74, 6) is 1.35. The summed E-state index contributed by atoms with van der Waals surface area (Å²) in [6.45, 7) is 0.340. The number of nitrogens with two attached hydrogens (primary N) is 1. The van der Waals surface area contributed by atoms with Crippen LogP contribution in [0.2, 0.25) is 0 Å². The Hall–Kier alpha value is -2.14. The van der Waals surface area contributed by atoms with Crippen LogP contribution in [0.4, 0.5) is 5.69 Å². The molecule has 0 aliphatic carbocycles. The molecule has 0 amide bonds. The highest BCUT2D eigenvalue weighted by Crippen LogP contribution is 2.24. The fourth-order valence-electron chi connectivity index (χ4n) is 1.39. The third kappa shape index (κ3) is 1.94. The molecule has 0 bridgehead atoms. The third-order valence-corrected chi connectivity index (χ3v) is 2.23. The molecule has 0 atom stereocenters. The molecule has 0 saturated carbocycles. The first-order valence-electron chi connectivity index (χ1n) is 4.74. The van der Waals surface area contributed by atoms with Crippen LogP contribution in [0.5, 0.6) is 0 Å². The van der Waals surface area contributed by atoms with Crippen LogP contribution in [0.3, 0.4) is 0 Å². The first-order chi connectivity index (χ1) is 7.70. The summed E-state index contributed by atoms with van der Waals surface area (Å²) in [6, 6.07) is 9.77. The van der Waals surface area contributed by atoms with Crippen LogP contribution in [0, 0.1) is 10.1 Å². The van der Waals surface area contributed by atoms with Gasteiger partial charge in [-0.3, -0.25) is 10.1 Å². The van der Waals surface area contributed by atoms with Crippen LogP contribution >= 0.6 is 0 Å². The van der Waals surface area contributed by atoms with Crippen LogP contribution in [-0.4, -0.2) is 4.92 Å². The zero-order chi connectivity index (χ0) is 11.5. The third-order valence-electron chi connectivity index (χ3n) is 2.23. The summed E-state index contributed by atoms with van der Waals surface area (Å²) < 4.78 is 5.42. The smallest absolute Gasteiger partial charge is 0.269 e. The lowest BCUT2D eigenvalue weighted by Gasteiger charge is -1.96. The van der Waals surface area contributed by atoms with Crippen molar-refractivity contribution in [2.75, 3.05) is 0 Å². The van der Waals surface area contributed by atoms with Crippen molar-refractivity contribution >= 4 is 5.69 Å². The second-order valence-corrected chi connectivity index (χ2v) is 3.27. The molecule has 16 heavy (non-hydrogen) atoms. The van der Waals surface area contributed by atoms with Gasteiger partial charge in [0.2, 0.25) is 0 Å². The quantitative estimate of drug-likeness (QED) is 0.633. The van der Waals surface area contributed by atoms with Gasteiger partial charge in [-0.1, -0.05) is 0 Å². The van der Waals surface area contributed by atoms with Crippen LogP contribution in [0.25, 0.3) is 11.3 Å². The predicted molar refractivity (Wildman–Crippen MR) is 58.7 cm³/mol. The number of furan rings is 1. The van der Waals surface area contributed by atoms with Gasteiger partial charge >= 0.3 is 0 Å². The molecule has 5 nitrogen and oxygen atoms in total. The lowest BCUT2D eigenvalue weighted by atomic mass is 10.1. The zero-order valence-electron chi connectivity index (χ0n) is 8.42. The van der Waals surface area contributed by atoms with Crippen molar-refractivity contribution in [1.29, 1.82) is 0 Å². The van der Waals surface area contributed by atoms with Gasteiger partial charge in [0.1, 0.15) is 11.5 Å². The SMILES string of the molecule is NCc1ccc(-c2ccc([N+](=O)[O-])cc2)o1. The minimum atomic E-state index is -0.433.